The van der Waals surface area contributed by atoms with Gasteiger partial charge in [-0.25, -0.2) is 4.31 Å². The average molecular weight is 367 g/mol. The Labute approximate surface area is 161 Å². The molecule has 1 saturated heterocycles. The van der Waals surface area contributed by atoms with Crippen molar-refractivity contribution in [2.45, 2.75) is 103 Å². The van der Waals surface area contributed by atoms with Crippen LogP contribution in [0.4, 0.5) is 0 Å². The summed E-state index contributed by atoms with van der Waals surface area (Å²) >= 11 is 2.27. The SMILES string of the molecule is CC(C)C1CCC(SN2C3C(C)CCCC3N(C)CC2(C)C)C(C)C1. The molecule has 6 atom stereocenters. The first kappa shape index (κ1) is 20.0. The van der Waals surface area contributed by atoms with E-state index in [1.165, 1.54) is 45.1 Å². The number of fused-ring (bicyclic) bond motifs is 1. The Bertz CT molecular complexity index is 449. The summed E-state index contributed by atoms with van der Waals surface area (Å²) in [5.41, 5.74) is 0.279. The maximum absolute atomic E-state index is 2.90. The highest BCUT2D eigenvalue weighted by atomic mass is 32.2. The Hall–Kier alpha value is 0.270. The van der Waals surface area contributed by atoms with Crippen molar-refractivity contribution in [1.29, 1.82) is 0 Å². The van der Waals surface area contributed by atoms with Gasteiger partial charge in [-0.2, -0.15) is 0 Å². The van der Waals surface area contributed by atoms with Crippen LogP contribution in [0.1, 0.15) is 80.1 Å². The van der Waals surface area contributed by atoms with Crippen molar-refractivity contribution in [2.75, 3.05) is 13.6 Å². The van der Waals surface area contributed by atoms with E-state index in [-0.39, 0.29) is 5.54 Å². The van der Waals surface area contributed by atoms with Gasteiger partial charge in [-0.3, -0.25) is 4.90 Å². The van der Waals surface area contributed by atoms with Crippen molar-refractivity contribution in [1.82, 2.24) is 9.21 Å². The Morgan fingerprint density at radius 1 is 1.00 bits per heavy atom. The third-order valence-corrected chi connectivity index (χ3v) is 9.47. The lowest BCUT2D eigenvalue weighted by molar-refractivity contribution is -0.0320. The van der Waals surface area contributed by atoms with Crippen LogP contribution in [0, 0.1) is 23.7 Å². The average Bonchev–Trinajstić information content (AvgIpc) is 2.52. The molecule has 0 bridgehead atoms. The molecule has 0 aromatic heterocycles. The van der Waals surface area contributed by atoms with Crippen LogP contribution in [-0.4, -0.2) is 45.7 Å². The van der Waals surface area contributed by atoms with Gasteiger partial charge in [0.05, 0.1) is 0 Å². The molecule has 2 saturated carbocycles. The first-order valence-electron chi connectivity index (χ1n) is 10.9. The molecular formula is C22H42N2S. The lowest BCUT2D eigenvalue weighted by Crippen LogP contribution is -2.68. The standard InChI is InChI=1S/C22H42N2S/c1-15(2)18-11-12-20(17(4)13-18)25-24-21-16(3)9-8-10-19(21)23(7)14-22(24,5)6/h15-21H,8-14H2,1-7H3. The molecule has 0 amide bonds. The van der Waals surface area contributed by atoms with Crippen molar-refractivity contribution in [3.05, 3.63) is 0 Å². The molecule has 0 aromatic rings. The smallest absolute Gasteiger partial charge is 0.0390 e. The topological polar surface area (TPSA) is 6.48 Å². The van der Waals surface area contributed by atoms with Gasteiger partial charge < -0.3 is 0 Å². The van der Waals surface area contributed by atoms with Crippen LogP contribution in [-0.2, 0) is 0 Å². The van der Waals surface area contributed by atoms with E-state index in [0.29, 0.717) is 0 Å². The third kappa shape index (κ3) is 4.09. The van der Waals surface area contributed by atoms with Gasteiger partial charge in [0.2, 0.25) is 0 Å². The summed E-state index contributed by atoms with van der Waals surface area (Å²) in [5.74, 6) is 3.50. The molecule has 3 heteroatoms. The van der Waals surface area contributed by atoms with E-state index in [2.05, 4.69) is 69.7 Å². The number of hydrogen-bond acceptors (Lipinski definition) is 3. The number of rotatable bonds is 3. The molecule has 25 heavy (non-hydrogen) atoms. The molecule has 3 fully saturated rings. The zero-order valence-electron chi connectivity index (χ0n) is 17.8. The summed E-state index contributed by atoms with van der Waals surface area (Å²) in [4.78, 5) is 2.68. The van der Waals surface area contributed by atoms with Crippen LogP contribution in [0.2, 0.25) is 0 Å². The summed E-state index contributed by atoms with van der Waals surface area (Å²) in [6.45, 7) is 16.1. The van der Waals surface area contributed by atoms with Crippen LogP contribution in [0.5, 0.6) is 0 Å². The fourth-order valence-corrected chi connectivity index (χ4v) is 7.65. The normalized spacial score (nSPS) is 43.2. The second-order valence-corrected chi connectivity index (χ2v) is 11.7. The van der Waals surface area contributed by atoms with Gasteiger partial charge in [-0.05, 0) is 76.7 Å². The van der Waals surface area contributed by atoms with E-state index >= 15 is 0 Å². The van der Waals surface area contributed by atoms with Crippen LogP contribution < -0.4 is 0 Å². The molecule has 3 aliphatic rings. The number of likely N-dealkylation sites (N-methyl/N-ethyl adjacent to an activating group) is 1. The highest BCUT2D eigenvalue weighted by Crippen LogP contribution is 2.48. The van der Waals surface area contributed by atoms with E-state index in [4.69, 9.17) is 0 Å². The van der Waals surface area contributed by atoms with Crippen molar-refractivity contribution < 1.29 is 0 Å². The van der Waals surface area contributed by atoms with E-state index in [9.17, 15) is 0 Å². The summed E-state index contributed by atoms with van der Waals surface area (Å²) < 4.78 is 2.90. The highest BCUT2D eigenvalue weighted by Gasteiger charge is 2.49. The molecule has 3 rings (SSSR count). The fourth-order valence-electron chi connectivity index (χ4n) is 5.97. The minimum atomic E-state index is 0.279. The van der Waals surface area contributed by atoms with Crippen LogP contribution >= 0.6 is 11.9 Å². The van der Waals surface area contributed by atoms with E-state index in [1.54, 1.807) is 0 Å². The molecule has 1 aliphatic heterocycles. The molecule has 2 nitrogen and oxygen atoms in total. The molecule has 146 valence electrons. The fraction of sp³-hybridized carbons (Fsp3) is 1.00. The molecule has 0 spiro atoms. The first-order valence-corrected chi connectivity index (χ1v) is 11.7. The van der Waals surface area contributed by atoms with Crippen LogP contribution in [0.3, 0.4) is 0 Å². The Morgan fingerprint density at radius 2 is 1.72 bits per heavy atom. The quantitative estimate of drug-likeness (QED) is 0.593. The van der Waals surface area contributed by atoms with E-state index in [1.807, 2.05) is 0 Å². The Morgan fingerprint density at radius 3 is 2.36 bits per heavy atom. The highest BCUT2D eigenvalue weighted by molar-refractivity contribution is 7.97. The third-order valence-electron chi connectivity index (χ3n) is 7.53. The van der Waals surface area contributed by atoms with Gasteiger partial charge in [-0.1, -0.05) is 46.1 Å². The zero-order chi connectivity index (χ0) is 18.4. The predicted molar refractivity (Wildman–Crippen MR) is 112 cm³/mol. The maximum atomic E-state index is 2.90. The monoisotopic (exact) mass is 366 g/mol. The minimum Gasteiger partial charge on any atom is -0.300 e. The van der Waals surface area contributed by atoms with Gasteiger partial charge in [0.25, 0.3) is 0 Å². The van der Waals surface area contributed by atoms with Gasteiger partial charge >= 0.3 is 0 Å². The van der Waals surface area contributed by atoms with Crippen molar-refractivity contribution in [3.63, 3.8) is 0 Å². The lowest BCUT2D eigenvalue weighted by Gasteiger charge is -2.59. The van der Waals surface area contributed by atoms with E-state index < -0.39 is 0 Å². The largest absolute Gasteiger partial charge is 0.300 e. The second kappa shape index (κ2) is 7.72. The summed E-state index contributed by atoms with van der Waals surface area (Å²) in [7, 11) is 2.37. The number of piperazine rings is 1. The molecule has 1 heterocycles. The molecule has 0 aromatic carbocycles. The summed E-state index contributed by atoms with van der Waals surface area (Å²) in [6, 6.07) is 1.51. The molecule has 6 unspecified atom stereocenters. The minimum absolute atomic E-state index is 0.279. The van der Waals surface area contributed by atoms with Gasteiger partial charge in [-0.15, -0.1) is 0 Å². The van der Waals surface area contributed by atoms with Crippen molar-refractivity contribution in [2.24, 2.45) is 23.7 Å². The van der Waals surface area contributed by atoms with Crippen LogP contribution in [0.25, 0.3) is 0 Å². The molecule has 2 aliphatic carbocycles. The zero-order valence-corrected chi connectivity index (χ0v) is 18.6. The van der Waals surface area contributed by atoms with Crippen molar-refractivity contribution >= 4 is 11.9 Å². The Balaban J connectivity index is 1.74. The molecule has 0 radical (unpaired) electrons. The van der Waals surface area contributed by atoms with Gasteiger partial charge in [0.1, 0.15) is 0 Å². The van der Waals surface area contributed by atoms with Crippen LogP contribution in [0.15, 0.2) is 0 Å². The Kier molecular flexibility index (Phi) is 6.18. The number of hydrogen-bond donors (Lipinski definition) is 0. The second-order valence-electron chi connectivity index (χ2n) is 10.5. The van der Waals surface area contributed by atoms with Crippen molar-refractivity contribution in [3.8, 4) is 0 Å². The molecule has 0 N–H and O–H groups in total. The summed E-state index contributed by atoms with van der Waals surface area (Å²) in [6.07, 6.45) is 8.53. The predicted octanol–water partition coefficient (Wildman–Crippen LogP) is 5.68. The first-order chi connectivity index (χ1) is 11.7. The number of nitrogens with zero attached hydrogens (tertiary/aromatic N) is 2. The lowest BCUT2D eigenvalue weighted by atomic mass is 9.76. The summed E-state index contributed by atoms with van der Waals surface area (Å²) in [5, 5.41) is 0.826. The van der Waals surface area contributed by atoms with Gasteiger partial charge in [0.15, 0.2) is 0 Å². The molecular weight excluding hydrogens is 324 g/mol. The van der Waals surface area contributed by atoms with Gasteiger partial charge in [0, 0.05) is 29.4 Å². The van der Waals surface area contributed by atoms with E-state index in [0.717, 1.165) is 41.0 Å². The maximum Gasteiger partial charge on any atom is 0.0390 e.